The van der Waals surface area contributed by atoms with Crippen LogP contribution in [-0.2, 0) is 16.3 Å². The molecule has 1 atom stereocenters. The molecule has 0 bridgehead atoms. The summed E-state index contributed by atoms with van der Waals surface area (Å²) in [5, 5.41) is 0. The molecule has 0 aromatic heterocycles. The van der Waals surface area contributed by atoms with Gasteiger partial charge in [0.05, 0.1) is 5.76 Å². The van der Waals surface area contributed by atoms with E-state index in [4.69, 9.17) is 16.3 Å². The molecular formula is C6H11O2PS2. The highest BCUT2D eigenvalue weighted by Crippen LogP contribution is 2.60. The minimum Gasteiger partial charge on any atom is -0.442 e. The molecule has 5 heteroatoms. The van der Waals surface area contributed by atoms with Crippen molar-refractivity contribution in [3.63, 3.8) is 0 Å². The fourth-order valence-corrected chi connectivity index (χ4v) is 4.44. The molecule has 0 aliphatic rings. The predicted octanol–water partition coefficient (Wildman–Crippen LogP) is 3.02. The van der Waals surface area contributed by atoms with Crippen molar-refractivity contribution in [1.82, 2.24) is 0 Å². The van der Waals surface area contributed by atoms with E-state index in [1.165, 1.54) is 0 Å². The van der Waals surface area contributed by atoms with E-state index in [0.29, 0.717) is 5.76 Å². The smallest absolute Gasteiger partial charge is 0.299 e. The van der Waals surface area contributed by atoms with Gasteiger partial charge in [-0.25, -0.2) is 0 Å². The normalized spacial score (nSPS) is 15.2. The number of rotatable bonds is 4. The van der Waals surface area contributed by atoms with Crippen molar-refractivity contribution in [2.24, 2.45) is 0 Å². The lowest BCUT2D eigenvalue weighted by atomic mass is 10.7. The molecule has 11 heavy (non-hydrogen) atoms. The Kier molecular flexibility index (Phi) is 4.41. The van der Waals surface area contributed by atoms with E-state index < -0.39 is 5.69 Å². The largest absolute Gasteiger partial charge is 0.442 e. The average molecular weight is 210 g/mol. The summed E-state index contributed by atoms with van der Waals surface area (Å²) < 4.78 is 4.94. The van der Waals surface area contributed by atoms with Crippen molar-refractivity contribution in [2.75, 3.05) is 0 Å². The van der Waals surface area contributed by atoms with Gasteiger partial charge in [-0.2, -0.15) is 0 Å². The maximum absolute atomic E-state index is 9.40. The van der Waals surface area contributed by atoms with Gasteiger partial charge >= 0.3 is 0 Å². The molecule has 0 amide bonds. The molecule has 0 saturated carbocycles. The molecule has 0 aromatic rings. The van der Waals surface area contributed by atoms with Gasteiger partial charge in [0.15, 0.2) is 0 Å². The summed E-state index contributed by atoms with van der Waals surface area (Å²) in [5.41, 5.74) is -2.75. The Bertz CT molecular complexity index is 205. The Morgan fingerprint density at radius 2 is 2.00 bits per heavy atom. The molecule has 2 nitrogen and oxygen atoms in total. The third-order valence-electron chi connectivity index (χ3n) is 0.542. The molecule has 0 aliphatic heterocycles. The lowest BCUT2D eigenvalue weighted by Gasteiger charge is -2.14. The summed E-state index contributed by atoms with van der Waals surface area (Å²) in [5.74, 6) is 0.435. The fourth-order valence-electron chi connectivity index (χ4n) is 0.412. The topological polar surface area (TPSA) is 29.5 Å². The summed E-state index contributed by atoms with van der Waals surface area (Å²) in [6, 6.07) is 0. The van der Waals surface area contributed by atoms with Gasteiger partial charge in [0.2, 0.25) is 0 Å². The second kappa shape index (κ2) is 4.31. The average Bonchev–Trinajstić information content (AvgIpc) is 1.53. The first-order valence-electron chi connectivity index (χ1n) is 2.86. The van der Waals surface area contributed by atoms with Gasteiger partial charge in [-0.1, -0.05) is 13.2 Å². The first kappa shape index (κ1) is 11.2. The van der Waals surface area contributed by atoms with Crippen LogP contribution >= 0.6 is 17.1 Å². The van der Waals surface area contributed by atoms with Gasteiger partial charge in [0.1, 0.15) is 0 Å². The molecule has 0 heterocycles. The Labute approximate surface area is 76.3 Å². The zero-order valence-corrected chi connectivity index (χ0v) is 9.06. The third kappa shape index (κ3) is 6.63. The number of hydrogen-bond donors (Lipinski definition) is 1. The van der Waals surface area contributed by atoms with Crippen LogP contribution in [0.3, 0.4) is 0 Å². The van der Waals surface area contributed by atoms with Gasteiger partial charge in [-0.3, -0.25) is 0 Å². The monoisotopic (exact) mass is 210 g/mol. The van der Waals surface area contributed by atoms with E-state index in [-0.39, 0.29) is 0 Å². The van der Waals surface area contributed by atoms with Crippen LogP contribution < -0.4 is 0 Å². The van der Waals surface area contributed by atoms with Crippen molar-refractivity contribution < 1.29 is 9.42 Å². The van der Waals surface area contributed by atoms with E-state index >= 15 is 0 Å². The van der Waals surface area contributed by atoms with Crippen LogP contribution in [0.2, 0.25) is 0 Å². The summed E-state index contributed by atoms with van der Waals surface area (Å²) >= 11 is 5.87. The summed E-state index contributed by atoms with van der Waals surface area (Å²) in [6.45, 7) is 10.5. The van der Waals surface area contributed by atoms with Gasteiger partial charge in [0.25, 0.3) is 5.69 Å². The second-order valence-electron chi connectivity index (χ2n) is 2.06. The second-order valence-corrected chi connectivity index (χ2v) is 8.27. The van der Waals surface area contributed by atoms with Crippen molar-refractivity contribution in [3.05, 3.63) is 23.8 Å². The lowest BCUT2D eigenvalue weighted by molar-refractivity contribution is 0.418. The van der Waals surface area contributed by atoms with Crippen LogP contribution in [0.4, 0.5) is 0 Å². The van der Waals surface area contributed by atoms with Crippen molar-refractivity contribution >= 4 is 28.9 Å². The zero-order chi connectivity index (χ0) is 9.07. The van der Waals surface area contributed by atoms with Crippen molar-refractivity contribution in [1.29, 1.82) is 0 Å². The Morgan fingerprint density at radius 3 is 2.27 bits per heavy atom. The quantitative estimate of drug-likeness (QED) is 0.570. The molecule has 1 N–H and O–H groups in total. The molecule has 0 saturated heterocycles. The highest BCUT2D eigenvalue weighted by atomic mass is 32.9. The van der Waals surface area contributed by atoms with Crippen LogP contribution in [0.25, 0.3) is 0 Å². The molecule has 0 radical (unpaired) electrons. The first-order chi connectivity index (χ1) is 4.83. The Hall–Kier alpha value is 0.240. The van der Waals surface area contributed by atoms with Crippen molar-refractivity contribution in [3.8, 4) is 0 Å². The molecule has 64 valence electrons. The van der Waals surface area contributed by atoms with Gasteiger partial charge < -0.3 is 9.42 Å². The van der Waals surface area contributed by atoms with E-state index in [0.717, 1.165) is 16.3 Å². The summed E-state index contributed by atoms with van der Waals surface area (Å²) in [6.07, 6.45) is 0. The molecule has 0 rings (SSSR count). The predicted molar refractivity (Wildman–Crippen MR) is 54.8 cm³/mol. The van der Waals surface area contributed by atoms with E-state index in [2.05, 4.69) is 13.2 Å². The molecule has 0 spiro atoms. The van der Waals surface area contributed by atoms with Crippen molar-refractivity contribution in [2.45, 2.75) is 13.8 Å². The van der Waals surface area contributed by atoms with E-state index in [1.54, 1.807) is 13.8 Å². The summed E-state index contributed by atoms with van der Waals surface area (Å²) in [4.78, 5) is 10.1. The molecule has 0 aliphatic carbocycles. The molecule has 0 fully saturated rings. The minimum absolute atomic E-state index is 0.435. The van der Waals surface area contributed by atoms with Crippen LogP contribution in [-0.4, -0.2) is 4.89 Å². The minimum atomic E-state index is -2.75. The molecule has 1 unspecified atom stereocenters. The SMILES string of the molecule is C=C(C)OP(O)(=S)SC(=C)C. The lowest BCUT2D eigenvalue weighted by Crippen LogP contribution is -1.80. The zero-order valence-electron chi connectivity index (χ0n) is 6.53. The maximum atomic E-state index is 9.40. The van der Waals surface area contributed by atoms with Crippen LogP contribution in [0.15, 0.2) is 23.8 Å². The Balaban J connectivity index is 4.12. The fraction of sp³-hybridized carbons (Fsp3) is 0.333. The highest BCUT2D eigenvalue weighted by molar-refractivity contribution is 8.69. The standard InChI is InChI=1S/C6H11O2PS2/c1-5(2)8-9(7,10)11-6(3)4/h1,3H2,2,4H3,(H,7,10). The molecule has 0 aromatic carbocycles. The van der Waals surface area contributed by atoms with Crippen LogP contribution in [0.5, 0.6) is 0 Å². The first-order valence-corrected chi connectivity index (χ1v) is 6.96. The van der Waals surface area contributed by atoms with Gasteiger partial charge in [0, 0.05) is 0 Å². The van der Waals surface area contributed by atoms with Gasteiger partial charge in [-0.05, 0) is 41.9 Å². The maximum Gasteiger partial charge on any atom is 0.299 e. The van der Waals surface area contributed by atoms with Crippen LogP contribution in [0, 0.1) is 0 Å². The highest BCUT2D eigenvalue weighted by Gasteiger charge is 2.15. The van der Waals surface area contributed by atoms with E-state index in [1.807, 2.05) is 0 Å². The van der Waals surface area contributed by atoms with Crippen LogP contribution in [0.1, 0.15) is 13.8 Å². The van der Waals surface area contributed by atoms with E-state index in [9.17, 15) is 4.89 Å². The summed E-state index contributed by atoms with van der Waals surface area (Å²) in [7, 11) is 0. The number of hydrogen-bond acceptors (Lipinski definition) is 3. The Morgan fingerprint density at radius 1 is 1.55 bits per heavy atom. The molecular weight excluding hydrogens is 199 g/mol. The number of allylic oxidation sites excluding steroid dienone is 2. The third-order valence-corrected chi connectivity index (χ3v) is 4.37. The van der Waals surface area contributed by atoms with Gasteiger partial charge in [-0.15, -0.1) is 0 Å².